The van der Waals surface area contributed by atoms with E-state index >= 15 is 0 Å². The van der Waals surface area contributed by atoms with Gasteiger partial charge in [-0.1, -0.05) is 0 Å². The minimum absolute atomic E-state index is 0.322. The number of hydrogen-bond acceptors (Lipinski definition) is 5. The van der Waals surface area contributed by atoms with Crippen LogP contribution in [0.2, 0.25) is 0 Å². The quantitative estimate of drug-likeness (QED) is 0.909. The number of nitrogens with zero attached hydrogens (tertiary/aromatic N) is 4. The van der Waals surface area contributed by atoms with Crippen molar-refractivity contribution >= 4 is 5.69 Å². The molecule has 24 heavy (non-hydrogen) atoms. The van der Waals surface area contributed by atoms with E-state index in [1.54, 1.807) is 6.20 Å². The molecule has 0 spiro atoms. The summed E-state index contributed by atoms with van der Waals surface area (Å²) in [6.07, 6.45) is 10.3. The van der Waals surface area contributed by atoms with Gasteiger partial charge >= 0.3 is 0 Å². The number of aryl methyl sites for hydroxylation is 1. The van der Waals surface area contributed by atoms with Crippen LogP contribution in [-0.4, -0.2) is 51.3 Å². The maximum atomic E-state index is 6.16. The summed E-state index contributed by atoms with van der Waals surface area (Å²) in [5, 5.41) is 3.51. The average molecular weight is 327 g/mol. The Morgan fingerprint density at radius 3 is 3.08 bits per heavy atom. The van der Waals surface area contributed by atoms with Gasteiger partial charge in [0.05, 0.1) is 24.9 Å². The molecule has 0 unspecified atom stereocenters. The molecule has 1 N–H and O–H groups in total. The van der Waals surface area contributed by atoms with E-state index in [0.29, 0.717) is 18.1 Å². The third-order valence-corrected chi connectivity index (χ3v) is 5.33. The summed E-state index contributed by atoms with van der Waals surface area (Å²) in [7, 11) is 2.07. The monoisotopic (exact) mass is 327 g/mol. The van der Waals surface area contributed by atoms with Crippen molar-refractivity contribution in [3.63, 3.8) is 0 Å². The van der Waals surface area contributed by atoms with Crippen LogP contribution in [0, 0.1) is 5.92 Å². The number of nitrogens with one attached hydrogen (secondary N) is 1. The SMILES string of the molecule is Cn1ccnc1CN1CCO[C@@H]2[C@@H](CNc3cccnc3)CC[C@@H]21. The molecule has 1 saturated heterocycles. The third-order valence-electron chi connectivity index (χ3n) is 5.33. The lowest BCUT2D eigenvalue weighted by Gasteiger charge is -2.39. The summed E-state index contributed by atoms with van der Waals surface area (Å²) < 4.78 is 8.27. The molecular formula is C18H25N5O. The van der Waals surface area contributed by atoms with Crippen LogP contribution in [0.4, 0.5) is 5.69 Å². The molecular weight excluding hydrogens is 302 g/mol. The van der Waals surface area contributed by atoms with Crippen LogP contribution in [0.1, 0.15) is 18.7 Å². The van der Waals surface area contributed by atoms with Gasteiger partial charge in [-0.3, -0.25) is 9.88 Å². The van der Waals surface area contributed by atoms with Gasteiger partial charge in [0, 0.05) is 56.9 Å². The molecule has 1 aliphatic carbocycles. The molecule has 3 atom stereocenters. The summed E-state index contributed by atoms with van der Waals surface area (Å²) in [5.41, 5.74) is 1.08. The minimum atomic E-state index is 0.322. The molecule has 0 aromatic carbocycles. The normalized spacial score (nSPS) is 27.1. The zero-order chi connectivity index (χ0) is 16.4. The van der Waals surface area contributed by atoms with Gasteiger partial charge in [-0.05, 0) is 25.0 Å². The molecule has 0 radical (unpaired) electrons. The highest BCUT2D eigenvalue weighted by Gasteiger charge is 2.42. The number of rotatable bonds is 5. The Morgan fingerprint density at radius 2 is 2.29 bits per heavy atom. The van der Waals surface area contributed by atoms with Gasteiger partial charge in [0.15, 0.2) is 0 Å². The summed E-state index contributed by atoms with van der Waals surface area (Å²) in [6.45, 7) is 3.67. The first-order valence-electron chi connectivity index (χ1n) is 8.77. The van der Waals surface area contributed by atoms with Gasteiger partial charge in [0.25, 0.3) is 0 Å². The first-order chi connectivity index (χ1) is 11.8. The van der Waals surface area contributed by atoms with E-state index in [1.165, 1.54) is 12.8 Å². The lowest BCUT2D eigenvalue weighted by molar-refractivity contribution is -0.0753. The maximum absolute atomic E-state index is 6.16. The second-order valence-electron chi connectivity index (χ2n) is 6.79. The second kappa shape index (κ2) is 6.91. The lowest BCUT2D eigenvalue weighted by Crippen LogP contribution is -2.50. The molecule has 3 heterocycles. The molecule has 1 saturated carbocycles. The molecule has 2 aliphatic rings. The highest BCUT2D eigenvalue weighted by atomic mass is 16.5. The minimum Gasteiger partial charge on any atom is -0.383 e. The fourth-order valence-electron chi connectivity index (χ4n) is 4.00. The summed E-state index contributed by atoms with van der Waals surface area (Å²) in [6, 6.07) is 4.54. The van der Waals surface area contributed by atoms with Gasteiger partial charge in [-0.15, -0.1) is 0 Å². The highest BCUT2D eigenvalue weighted by Crippen LogP contribution is 2.35. The number of pyridine rings is 1. The van der Waals surface area contributed by atoms with Crippen molar-refractivity contribution in [3.8, 4) is 0 Å². The molecule has 128 valence electrons. The summed E-state index contributed by atoms with van der Waals surface area (Å²) in [5.74, 6) is 1.69. The molecule has 0 amide bonds. The Balaban J connectivity index is 1.38. The first kappa shape index (κ1) is 15.6. The number of hydrogen-bond donors (Lipinski definition) is 1. The first-order valence-corrected chi connectivity index (χ1v) is 8.77. The standard InChI is InChI=1S/C18H25N5O/c1-22-8-7-20-17(22)13-23-9-10-24-18-14(4-5-16(18)23)11-21-15-3-2-6-19-12-15/h2-3,6-8,12,14,16,18,21H,4-5,9-11,13H2,1H3/t14-,16+,18-/m1/s1. The topological polar surface area (TPSA) is 55.2 Å². The van der Waals surface area contributed by atoms with Crippen LogP contribution < -0.4 is 5.32 Å². The van der Waals surface area contributed by atoms with Crippen LogP contribution in [-0.2, 0) is 18.3 Å². The van der Waals surface area contributed by atoms with E-state index in [2.05, 4.69) is 37.9 Å². The van der Waals surface area contributed by atoms with Crippen molar-refractivity contribution in [1.82, 2.24) is 19.4 Å². The van der Waals surface area contributed by atoms with E-state index in [1.807, 2.05) is 24.7 Å². The third kappa shape index (κ3) is 3.16. The molecule has 2 aromatic heterocycles. The molecule has 6 heteroatoms. The predicted octanol–water partition coefficient (Wildman–Crippen LogP) is 1.91. The number of imidazole rings is 1. The van der Waals surface area contributed by atoms with Crippen molar-refractivity contribution in [1.29, 1.82) is 0 Å². The fraction of sp³-hybridized carbons (Fsp3) is 0.556. The van der Waals surface area contributed by atoms with Crippen molar-refractivity contribution in [2.45, 2.75) is 31.5 Å². The molecule has 4 rings (SSSR count). The molecule has 6 nitrogen and oxygen atoms in total. The van der Waals surface area contributed by atoms with Gasteiger partial charge in [0.1, 0.15) is 5.82 Å². The van der Waals surface area contributed by atoms with Crippen LogP contribution in [0.25, 0.3) is 0 Å². The number of ether oxygens (including phenoxy) is 1. The molecule has 2 fully saturated rings. The van der Waals surface area contributed by atoms with E-state index in [9.17, 15) is 0 Å². The van der Waals surface area contributed by atoms with Crippen molar-refractivity contribution in [3.05, 3.63) is 42.7 Å². The van der Waals surface area contributed by atoms with Gasteiger partial charge < -0.3 is 14.6 Å². The predicted molar refractivity (Wildman–Crippen MR) is 92.6 cm³/mol. The fourth-order valence-corrected chi connectivity index (χ4v) is 4.00. The average Bonchev–Trinajstić information content (AvgIpc) is 3.21. The highest BCUT2D eigenvalue weighted by molar-refractivity contribution is 5.39. The molecule has 2 aromatic rings. The Hall–Kier alpha value is -1.92. The van der Waals surface area contributed by atoms with E-state index in [0.717, 1.165) is 37.8 Å². The number of aromatic nitrogens is 3. The van der Waals surface area contributed by atoms with Crippen molar-refractivity contribution in [2.75, 3.05) is 25.0 Å². The van der Waals surface area contributed by atoms with E-state index < -0.39 is 0 Å². The Kier molecular flexibility index (Phi) is 4.49. The zero-order valence-electron chi connectivity index (χ0n) is 14.1. The number of morpholine rings is 1. The second-order valence-corrected chi connectivity index (χ2v) is 6.79. The number of anilines is 1. The molecule has 1 aliphatic heterocycles. The van der Waals surface area contributed by atoms with Gasteiger partial charge in [0.2, 0.25) is 0 Å². The number of fused-ring (bicyclic) bond motifs is 1. The van der Waals surface area contributed by atoms with Crippen molar-refractivity contribution in [2.24, 2.45) is 13.0 Å². The van der Waals surface area contributed by atoms with Crippen LogP contribution >= 0.6 is 0 Å². The summed E-state index contributed by atoms with van der Waals surface area (Å²) >= 11 is 0. The van der Waals surface area contributed by atoms with Crippen LogP contribution in [0.5, 0.6) is 0 Å². The zero-order valence-corrected chi connectivity index (χ0v) is 14.1. The maximum Gasteiger partial charge on any atom is 0.122 e. The summed E-state index contributed by atoms with van der Waals surface area (Å²) in [4.78, 5) is 11.2. The van der Waals surface area contributed by atoms with Gasteiger partial charge in [-0.25, -0.2) is 4.98 Å². The molecule has 0 bridgehead atoms. The lowest BCUT2D eigenvalue weighted by atomic mass is 10.0. The van der Waals surface area contributed by atoms with Crippen LogP contribution in [0.15, 0.2) is 36.9 Å². The Bertz CT molecular complexity index is 658. The smallest absolute Gasteiger partial charge is 0.122 e. The van der Waals surface area contributed by atoms with Crippen molar-refractivity contribution < 1.29 is 4.74 Å². The Morgan fingerprint density at radius 1 is 1.33 bits per heavy atom. The van der Waals surface area contributed by atoms with E-state index in [-0.39, 0.29) is 0 Å². The van der Waals surface area contributed by atoms with E-state index in [4.69, 9.17) is 4.74 Å². The van der Waals surface area contributed by atoms with Crippen LogP contribution in [0.3, 0.4) is 0 Å². The largest absolute Gasteiger partial charge is 0.383 e. The van der Waals surface area contributed by atoms with Gasteiger partial charge in [-0.2, -0.15) is 0 Å². The Labute approximate surface area is 142 Å².